The van der Waals surface area contributed by atoms with E-state index in [9.17, 15) is 9.59 Å². The second-order valence-corrected chi connectivity index (χ2v) is 10.4. The molecule has 7 heteroatoms. The Kier molecular flexibility index (Phi) is 9.56. The average Bonchev–Trinajstić information content (AvgIpc) is 2.87. The number of benzene rings is 3. The highest BCUT2D eigenvalue weighted by Crippen LogP contribution is 2.36. The lowest BCUT2D eigenvalue weighted by Gasteiger charge is -2.37. The highest BCUT2D eigenvalue weighted by atomic mass is 32.2. The Balaban J connectivity index is 1.96. The van der Waals surface area contributed by atoms with Crippen molar-refractivity contribution in [1.82, 2.24) is 16.2 Å². The quantitative estimate of drug-likeness (QED) is 0.259. The molecule has 0 saturated heterocycles. The van der Waals surface area contributed by atoms with Crippen LogP contribution in [0.2, 0.25) is 0 Å². The maximum Gasteiger partial charge on any atom is 0.408 e. The van der Waals surface area contributed by atoms with Gasteiger partial charge in [-0.15, -0.1) is 0 Å². The third kappa shape index (κ3) is 7.12. The number of ether oxygens (including phenoxy) is 1. The van der Waals surface area contributed by atoms with Crippen molar-refractivity contribution in [2.75, 3.05) is 12.0 Å². The van der Waals surface area contributed by atoms with Crippen molar-refractivity contribution in [3.05, 3.63) is 108 Å². The van der Waals surface area contributed by atoms with Crippen LogP contribution in [0.1, 0.15) is 43.9 Å². The standard InChI is InChI=1S/C29H35N3O3S/c1-28(2,3)35-27(34)30-25(20-21-36-4)26(33)31-32-29(22-14-8-5-9-15-22,23-16-10-6-11-17-23)24-18-12-7-13-19-24/h5-19,25,32H,20-21H2,1-4H3,(H,30,34)(H,31,33)/t25-/m0/s1. The second kappa shape index (κ2) is 12.6. The summed E-state index contributed by atoms with van der Waals surface area (Å²) in [4.78, 5) is 25.9. The van der Waals surface area contributed by atoms with Crippen LogP contribution in [-0.2, 0) is 15.1 Å². The second-order valence-electron chi connectivity index (χ2n) is 9.44. The molecule has 0 radical (unpaired) electrons. The molecule has 0 heterocycles. The molecule has 6 nitrogen and oxygen atoms in total. The number of rotatable bonds is 10. The van der Waals surface area contributed by atoms with Gasteiger partial charge in [-0.05, 0) is 55.9 Å². The van der Waals surface area contributed by atoms with Gasteiger partial charge >= 0.3 is 6.09 Å². The first kappa shape index (κ1) is 27.3. The van der Waals surface area contributed by atoms with Crippen LogP contribution in [0.25, 0.3) is 0 Å². The smallest absolute Gasteiger partial charge is 0.408 e. The van der Waals surface area contributed by atoms with Crippen LogP contribution in [0.4, 0.5) is 4.79 Å². The Labute approximate surface area is 218 Å². The largest absolute Gasteiger partial charge is 0.444 e. The van der Waals surface area contributed by atoms with E-state index in [-0.39, 0.29) is 5.91 Å². The third-order valence-corrected chi connectivity index (χ3v) is 6.26. The molecular weight excluding hydrogens is 470 g/mol. The molecule has 3 N–H and O–H groups in total. The fraction of sp³-hybridized carbons (Fsp3) is 0.310. The number of thioether (sulfide) groups is 1. The molecule has 3 aromatic carbocycles. The van der Waals surface area contributed by atoms with Crippen molar-refractivity contribution in [3.8, 4) is 0 Å². The van der Waals surface area contributed by atoms with Gasteiger partial charge in [0.05, 0.1) is 0 Å². The van der Waals surface area contributed by atoms with Gasteiger partial charge in [0, 0.05) is 0 Å². The summed E-state index contributed by atoms with van der Waals surface area (Å²) in [5, 5.41) is 2.74. The molecule has 36 heavy (non-hydrogen) atoms. The fourth-order valence-electron chi connectivity index (χ4n) is 3.98. The van der Waals surface area contributed by atoms with Crippen LogP contribution in [0.5, 0.6) is 0 Å². The molecule has 1 atom stereocenters. The monoisotopic (exact) mass is 505 g/mol. The summed E-state index contributed by atoms with van der Waals surface area (Å²) in [6.45, 7) is 5.37. The van der Waals surface area contributed by atoms with Crippen LogP contribution >= 0.6 is 11.8 Å². The SMILES string of the molecule is CSCC[C@H](NC(=O)OC(C)(C)C)C(=O)NNC(c1ccccc1)(c1ccccc1)c1ccccc1. The zero-order valence-corrected chi connectivity index (χ0v) is 22.1. The maximum atomic E-state index is 13.4. The Bertz CT molecular complexity index is 1010. The highest BCUT2D eigenvalue weighted by Gasteiger charge is 2.37. The fourth-order valence-corrected chi connectivity index (χ4v) is 4.45. The Hall–Kier alpha value is -3.29. The average molecular weight is 506 g/mol. The summed E-state index contributed by atoms with van der Waals surface area (Å²) in [6, 6.07) is 29.2. The van der Waals surface area contributed by atoms with Crippen molar-refractivity contribution >= 4 is 23.8 Å². The van der Waals surface area contributed by atoms with Crippen LogP contribution in [0, 0.1) is 0 Å². The number of alkyl carbamates (subject to hydrolysis) is 1. The summed E-state index contributed by atoms with van der Waals surface area (Å²) in [7, 11) is 0. The van der Waals surface area contributed by atoms with Crippen molar-refractivity contribution in [3.63, 3.8) is 0 Å². The van der Waals surface area contributed by atoms with Crippen molar-refractivity contribution in [1.29, 1.82) is 0 Å². The van der Waals surface area contributed by atoms with Gasteiger partial charge in [-0.3, -0.25) is 10.2 Å². The van der Waals surface area contributed by atoms with E-state index >= 15 is 0 Å². The summed E-state index contributed by atoms with van der Waals surface area (Å²) >= 11 is 1.61. The Morgan fingerprint density at radius 1 is 0.806 bits per heavy atom. The van der Waals surface area contributed by atoms with Crippen molar-refractivity contribution in [2.45, 2.75) is 44.4 Å². The number of carbonyl (C=O) groups is 2. The first-order valence-corrected chi connectivity index (χ1v) is 13.4. The zero-order valence-electron chi connectivity index (χ0n) is 21.3. The number of nitrogens with one attached hydrogen (secondary N) is 3. The van der Waals surface area contributed by atoms with E-state index in [1.807, 2.05) is 97.3 Å². The van der Waals surface area contributed by atoms with Gasteiger partial charge in [0.1, 0.15) is 17.2 Å². The lowest BCUT2D eigenvalue weighted by Crippen LogP contribution is -2.58. The molecule has 0 fully saturated rings. The molecule has 0 aliphatic carbocycles. The number of hydrogen-bond acceptors (Lipinski definition) is 5. The van der Waals surface area contributed by atoms with Crippen LogP contribution in [0.15, 0.2) is 91.0 Å². The van der Waals surface area contributed by atoms with E-state index in [1.165, 1.54) is 0 Å². The van der Waals surface area contributed by atoms with Gasteiger partial charge in [-0.2, -0.15) is 11.8 Å². The normalized spacial score (nSPS) is 12.4. The molecule has 0 aromatic heterocycles. The molecule has 0 saturated carbocycles. The van der Waals surface area contributed by atoms with Gasteiger partial charge < -0.3 is 10.1 Å². The molecule has 3 rings (SSSR count). The first-order valence-electron chi connectivity index (χ1n) is 12.0. The van der Waals surface area contributed by atoms with Crippen molar-refractivity contribution < 1.29 is 14.3 Å². The van der Waals surface area contributed by atoms with Gasteiger partial charge in [0.15, 0.2) is 0 Å². The number of carbonyl (C=O) groups excluding carboxylic acids is 2. The molecule has 0 bridgehead atoms. The Morgan fingerprint density at radius 3 is 1.64 bits per heavy atom. The zero-order chi connectivity index (χ0) is 26.0. The number of hydrazine groups is 1. The minimum Gasteiger partial charge on any atom is -0.444 e. The van der Waals surface area contributed by atoms with Gasteiger partial charge in [0.2, 0.25) is 0 Å². The van der Waals surface area contributed by atoms with E-state index < -0.39 is 23.3 Å². The van der Waals surface area contributed by atoms with Crippen molar-refractivity contribution in [2.24, 2.45) is 0 Å². The molecule has 0 spiro atoms. The Morgan fingerprint density at radius 2 is 1.25 bits per heavy atom. The lowest BCUT2D eigenvalue weighted by molar-refractivity contribution is -0.124. The predicted molar refractivity (Wildman–Crippen MR) is 147 cm³/mol. The topological polar surface area (TPSA) is 79.5 Å². The predicted octanol–water partition coefficient (Wildman–Crippen LogP) is 5.25. The number of amides is 2. The van der Waals surface area contributed by atoms with E-state index in [0.717, 1.165) is 16.7 Å². The summed E-state index contributed by atoms with van der Waals surface area (Å²) in [5.74, 6) is 0.358. The molecule has 2 amide bonds. The van der Waals surface area contributed by atoms with E-state index in [0.29, 0.717) is 12.2 Å². The molecular formula is C29H35N3O3S. The van der Waals surface area contributed by atoms with E-state index in [2.05, 4.69) is 16.2 Å². The van der Waals surface area contributed by atoms with Gasteiger partial charge in [-0.25, -0.2) is 10.2 Å². The van der Waals surface area contributed by atoms with Crippen LogP contribution < -0.4 is 16.2 Å². The van der Waals surface area contributed by atoms with E-state index in [1.54, 1.807) is 32.5 Å². The van der Waals surface area contributed by atoms with Crippen LogP contribution in [-0.4, -0.2) is 35.7 Å². The van der Waals surface area contributed by atoms with Gasteiger partial charge in [-0.1, -0.05) is 91.0 Å². The molecule has 0 aliphatic heterocycles. The lowest BCUT2D eigenvalue weighted by atomic mass is 9.77. The van der Waals surface area contributed by atoms with E-state index in [4.69, 9.17) is 4.74 Å². The maximum absolute atomic E-state index is 13.4. The summed E-state index contributed by atoms with van der Waals surface area (Å²) in [5.41, 5.74) is 7.65. The highest BCUT2D eigenvalue weighted by molar-refractivity contribution is 7.98. The van der Waals surface area contributed by atoms with Gasteiger partial charge in [0.25, 0.3) is 5.91 Å². The minimum atomic E-state index is -0.866. The molecule has 190 valence electrons. The molecule has 0 unspecified atom stereocenters. The third-order valence-electron chi connectivity index (χ3n) is 5.61. The summed E-state index contributed by atoms with van der Waals surface area (Å²) in [6.07, 6.45) is 1.80. The molecule has 3 aromatic rings. The summed E-state index contributed by atoms with van der Waals surface area (Å²) < 4.78 is 5.39. The molecule has 0 aliphatic rings. The number of hydrogen-bond donors (Lipinski definition) is 3. The minimum absolute atomic E-state index is 0.345. The van der Waals surface area contributed by atoms with Crippen LogP contribution in [0.3, 0.4) is 0 Å². The first-order chi connectivity index (χ1) is 17.3.